The Kier molecular flexibility index (Phi) is 6.47. The Morgan fingerprint density at radius 2 is 1.94 bits per heavy atom. The van der Waals surface area contributed by atoms with Crippen LogP contribution in [-0.4, -0.2) is 56.9 Å². The van der Waals surface area contributed by atoms with Gasteiger partial charge in [-0.1, -0.05) is 0 Å². The largest absolute Gasteiger partial charge is 0.382 e. The van der Waals surface area contributed by atoms with Crippen molar-refractivity contribution < 1.29 is 14.3 Å². The summed E-state index contributed by atoms with van der Waals surface area (Å²) in [5.41, 5.74) is 5.84. The van der Waals surface area contributed by atoms with Crippen LogP contribution in [-0.2, 0) is 14.3 Å². The molecule has 0 aromatic heterocycles. The Balaban J connectivity index is 2.21. The molecule has 1 rings (SSSR count). The molecule has 1 fully saturated rings. The van der Waals surface area contributed by atoms with E-state index in [1.165, 1.54) is 0 Å². The van der Waals surface area contributed by atoms with Gasteiger partial charge in [0.15, 0.2) is 0 Å². The third kappa shape index (κ3) is 5.02. The molecule has 1 aliphatic rings. The van der Waals surface area contributed by atoms with E-state index in [0.717, 1.165) is 25.7 Å². The Morgan fingerprint density at radius 3 is 2.53 bits per heavy atom. The third-order valence-electron chi connectivity index (χ3n) is 3.34. The fourth-order valence-electron chi connectivity index (χ4n) is 2.10. The van der Waals surface area contributed by atoms with Gasteiger partial charge in [0.05, 0.1) is 13.2 Å². The van der Waals surface area contributed by atoms with Crippen LogP contribution in [0.3, 0.4) is 0 Å². The maximum Gasteiger partial charge on any atom is 0.248 e. The van der Waals surface area contributed by atoms with Gasteiger partial charge >= 0.3 is 0 Å². The summed E-state index contributed by atoms with van der Waals surface area (Å²) < 4.78 is 10.1. The number of amides is 1. The predicted octanol–water partition coefficient (Wildman–Crippen LogP) is 0.378. The van der Waals surface area contributed by atoms with Crippen molar-refractivity contribution in [3.63, 3.8) is 0 Å². The number of methoxy groups -OCH3 is 1. The van der Waals surface area contributed by atoms with E-state index in [9.17, 15) is 4.79 Å². The molecule has 0 spiro atoms. The average Bonchev–Trinajstić information content (AvgIpc) is 2.34. The number of nitrogens with two attached hydrogens (primary N) is 1. The number of hydrogen-bond acceptors (Lipinski definition) is 4. The molecule has 0 atom stereocenters. The maximum atomic E-state index is 11.8. The van der Waals surface area contributed by atoms with E-state index in [2.05, 4.69) is 0 Å². The summed E-state index contributed by atoms with van der Waals surface area (Å²) >= 11 is 0. The number of carbonyl (C=O) groups excluding carboxylic acids is 1. The van der Waals surface area contributed by atoms with Gasteiger partial charge in [-0.15, -0.1) is 0 Å². The standard InChI is InChI=1S/C12H24N2O3/c1-14(11-5-3-10(13)4-6-11)12(15)9-17-8-7-16-2/h10-11H,3-9,13H2,1-2H3. The van der Waals surface area contributed by atoms with Gasteiger partial charge in [-0.25, -0.2) is 0 Å². The summed E-state index contributed by atoms with van der Waals surface area (Å²) in [6.45, 7) is 1.13. The lowest BCUT2D eigenvalue weighted by atomic mass is 9.91. The van der Waals surface area contributed by atoms with Gasteiger partial charge in [0, 0.05) is 26.2 Å². The van der Waals surface area contributed by atoms with E-state index in [4.69, 9.17) is 15.2 Å². The van der Waals surface area contributed by atoms with Gasteiger partial charge in [-0.2, -0.15) is 0 Å². The summed E-state index contributed by atoms with van der Waals surface area (Å²) in [5, 5.41) is 0. The number of rotatable bonds is 6. The average molecular weight is 244 g/mol. The van der Waals surface area contributed by atoms with Crippen LogP contribution in [0.5, 0.6) is 0 Å². The molecular formula is C12H24N2O3. The van der Waals surface area contributed by atoms with Crippen LogP contribution in [0.2, 0.25) is 0 Å². The second kappa shape index (κ2) is 7.63. The molecule has 0 aliphatic heterocycles. The first-order valence-corrected chi connectivity index (χ1v) is 6.23. The van der Waals surface area contributed by atoms with E-state index >= 15 is 0 Å². The highest BCUT2D eigenvalue weighted by Crippen LogP contribution is 2.21. The number of carbonyl (C=O) groups is 1. The number of hydrogen-bond donors (Lipinski definition) is 1. The highest BCUT2D eigenvalue weighted by molar-refractivity contribution is 5.77. The Labute approximate surface area is 103 Å². The molecule has 5 nitrogen and oxygen atoms in total. The monoisotopic (exact) mass is 244 g/mol. The van der Waals surface area contributed by atoms with Crippen molar-refractivity contribution in [3.05, 3.63) is 0 Å². The molecule has 1 saturated carbocycles. The molecule has 0 saturated heterocycles. The molecule has 100 valence electrons. The topological polar surface area (TPSA) is 64.8 Å². The maximum absolute atomic E-state index is 11.8. The zero-order valence-corrected chi connectivity index (χ0v) is 10.9. The first-order valence-electron chi connectivity index (χ1n) is 6.23. The summed E-state index contributed by atoms with van der Waals surface area (Å²) in [6.07, 6.45) is 4.02. The number of likely N-dealkylation sites (N-methyl/N-ethyl adjacent to an activating group) is 1. The Bertz CT molecular complexity index is 228. The Hall–Kier alpha value is -0.650. The van der Waals surface area contributed by atoms with E-state index < -0.39 is 0 Å². The molecule has 0 aromatic rings. The fourth-order valence-corrected chi connectivity index (χ4v) is 2.10. The smallest absolute Gasteiger partial charge is 0.248 e. The Morgan fingerprint density at radius 1 is 1.29 bits per heavy atom. The molecular weight excluding hydrogens is 220 g/mol. The van der Waals surface area contributed by atoms with E-state index in [1.54, 1.807) is 12.0 Å². The van der Waals surface area contributed by atoms with Gasteiger partial charge in [-0.05, 0) is 25.7 Å². The normalized spacial score (nSPS) is 24.6. The van der Waals surface area contributed by atoms with Crippen molar-refractivity contribution in [1.82, 2.24) is 4.90 Å². The van der Waals surface area contributed by atoms with Crippen molar-refractivity contribution in [2.75, 3.05) is 34.0 Å². The van der Waals surface area contributed by atoms with Gasteiger partial charge in [0.25, 0.3) is 0 Å². The van der Waals surface area contributed by atoms with Crippen LogP contribution in [0, 0.1) is 0 Å². The van der Waals surface area contributed by atoms with Crippen LogP contribution >= 0.6 is 0 Å². The van der Waals surface area contributed by atoms with Crippen LogP contribution in [0.15, 0.2) is 0 Å². The molecule has 1 aliphatic carbocycles. The molecule has 5 heteroatoms. The van der Waals surface area contributed by atoms with Crippen molar-refractivity contribution in [1.29, 1.82) is 0 Å². The van der Waals surface area contributed by atoms with Crippen molar-refractivity contribution in [2.24, 2.45) is 5.73 Å². The molecule has 2 N–H and O–H groups in total. The van der Waals surface area contributed by atoms with Gasteiger partial charge in [0.1, 0.15) is 6.61 Å². The lowest BCUT2D eigenvalue weighted by Gasteiger charge is -2.33. The predicted molar refractivity (Wildman–Crippen MR) is 65.7 cm³/mol. The molecule has 0 bridgehead atoms. The summed E-state index contributed by atoms with van der Waals surface area (Å²) in [7, 11) is 3.46. The SMILES string of the molecule is COCCOCC(=O)N(C)C1CCC(N)CC1. The minimum absolute atomic E-state index is 0.0431. The van der Waals surface area contributed by atoms with Crippen LogP contribution in [0.4, 0.5) is 0 Å². The minimum atomic E-state index is 0.0431. The van der Waals surface area contributed by atoms with Gasteiger partial charge in [-0.3, -0.25) is 4.79 Å². The highest BCUT2D eigenvalue weighted by atomic mass is 16.5. The molecule has 0 heterocycles. The molecule has 0 aromatic carbocycles. The highest BCUT2D eigenvalue weighted by Gasteiger charge is 2.24. The second-order valence-electron chi connectivity index (χ2n) is 4.62. The van der Waals surface area contributed by atoms with Gasteiger partial charge in [0.2, 0.25) is 5.91 Å². The van der Waals surface area contributed by atoms with Crippen molar-refractivity contribution >= 4 is 5.91 Å². The molecule has 17 heavy (non-hydrogen) atoms. The van der Waals surface area contributed by atoms with Crippen molar-refractivity contribution in [2.45, 2.75) is 37.8 Å². The summed E-state index contributed by atoms with van der Waals surface area (Å²) in [5.74, 6) is 0.0431. The van der Waals surface area contributed by atoms with Crippen LogP contribution < -0.4 is 5.73 Å². The first-order chi connectivity index (χ1) is 8.15. The first kappa shape index (κ1) is 14.4. The molecule has 1 amide bonds. The number of nitrogens with zero attached hydrogens (tertiary/aromatic N) is 1. The fraction of sp³-hybridized carbons (Fsp3) is 0.917. The van der Waals surface area contributed by atoms with E-state index in [0.29, 0.717) is 25.3 Å². The van der Waals surface area contributed by atoms with E-state index in [1.807, 2.05) is 7.05 Å². The molecule has 0 radical (unpaired) electrons. The second-order valence-corrected chi connectivity index (χ2v) is 4.62. The quantitative estimate of drug-likeness (QED) is 0.686. The van der Waals surface area contributed by atoms with Crippen LogP contribution in [0.1, 0.15) is 25.7 Å². The van der Waals surface area contributed by atoms with Crippen LogP contribution in [0.25, 0.3) is 0 Å². The summed E-state index contributed by atoms with van der Waals surface area (Å²) in [6, 6.07) is 0.640. The number of ether oxygens (including phenoxy) is 2. The summed E-state index contributed by atoms with van der Waals surface area (Å²) in [4.78, 5) is 13.6. The third-order valence-corrected chi connectivity index (χ3v) is 3.34. The zero-order chi connectivity index (χ0) is 12.7. The lowest BCUT2D eigenvalue weighted by Crippen LogP contribution is -2.43. The van der Waals surface area contributed by atoms with E-state index in [-0.39, 0.29) is 12.5 Å². The van der Waals surface area contributed by atoms with Crippen molar-refractivity contribution in [3.8, 4) is 0 Å². The molecule has 0 unspecified atom stereocenters. The zero-order valence-electron chi connectivity index (χ0n) is 10.9. The van der Waals surface area contributed by atoms with Gasteiger partial charge < -0.3 is 20.1 Å². The lowest BCUT2D eigenvalue weighted by molar-refractivity contribution is -0.138. The minimum Gasteiger partial charge on any atom is -0.382 e.